The number of benzene rings is 2. The van der Waals surface area contributed by atoms with E-state index in [1.807, 2.05) is 73.8 Å². The molecule has 2 aromatic carbocycles. The molecule has 0 radical (unpaired) electrons. The summed E-state index contributed by atoms with van der Waals surface area (Å²) in [6.07, 6.45) is 11.4. The number of hydrogen-bond donors (Lipinski definition) is 1. The maximum atomic E-state index is 6.47. The van der Waals surface area contributed by atoms with Crippen LogP contribution in [-0.4, -0.2) is 15.8 Å². The summed E-state index contributed by atoms with van der Waals surface area (Å²) < 4.78 is 6.47. The summed E-state index contributed by atoms with van der Waals surface area (Å²) in [4.78, 5) is 13.8. The van der Waals surface area contributed by atoms with Crippen LogP contribution < -0.4 is 10.1 Å². The van der Waals surface area contributed by atoms with Crippen molar-refractivity contribution in [3.05, 3.63) is 114 Å². The summed E-state index contributed by atoms with van der Waals surface area (Å²) in [7, 11) is 0. The Kier molecular flexibility index (Phi) is 5.93. The van der Waals surface area contributed by atoms with Crippen molar-refractivity contribution in [1.82, 2.24) is 15.3 Å². The van der Waals surface area contributed by atoms with Gasteiger partial charge in [-0.1, -0.05) is 48.6 Å². The van der Waals surface area contributed by atoms with E-state index in [0.717, 1.165) is 45.9 Å². The Hall–Kier alpha value is -4.25. The highest BCUT2D eigenvalue weighted by Gasteiger charge is 2.12. The Morgan fingerprint density at radius 3 is 2.79 bits per heavy atom. The van der Waals surface area contributed by atoms with E-state index in [0.29, 0.717) is 12.2 Å². The highest BCUT2D eigenvalue weighted by molar-refractivity contribution is 5.96. The van der Waals surface area contributed by atoms with Crippen molar-refractivity contribution in [2.24, 2.45) is 4.99 Å². The molecule has 1 aliphatic rings. The average molecular weight is 433 g/mol. The first-order valence-electron chi connectivity index (χ1n) is 11.0. The first-order valence-corrected chi connectivity index (χ1v) is 11.0. The third-order valence-electron chi connectivity index (χ3n) is 5.39. The number of allylic oxidation sites excluding steroid dienone is 3. The molecule has 33 heavy (non-hydrogen) atoms. The van der Waals surface area contributed by atoms with E-state index < -0.39 is 0 Å². The first-order chi connectivity index (χ1) is 16.2. The number of nitrogens with one attached hydrogen (secondary N) is 1. The van der Waals surface area contributed by atoms with Crippen LogP contribution in [0.25, 0.3) is 10.9 Å². The quantitative estimate of drug-likeness (QED) is 0.391. The Balaban J connectivity index is 1.55. The van der Waals surface area contributed by atoms with Crippen LogP contribution in [0.15, 0.2) is 108 Å². The van der Waals surface area contributed by atoms with Crippen LogP contribution in [0.4, 0.5) is 5.82 Å². The molecule has 3 heterocycles. The average Bonchev–Trinajstić information content (AvgIpc) is 3.05. The minimum absolute atomic E-state index is 0.585. The summed E-state index contributed by atoms with van der Waals surface area (Å²) in [6.45, 7) is 2.03. The maximum Gasteiger partial charge on any atom is 0.157 e. The molecular formula is C28H24N4O. The fraction of sp³-hybridized carbons (Fsp3) is 0.107. The van der Waals surface area contributed by atoms with Gasteiger partial charge in [-0.25, -0.2) is 9.98 Å². The molecule has 162 valence electrons. The number of amidine groups is 1. The highest BCUT2D eigenvalue weighted by atomic mass is 16.5. The molecule has 2 aromatic heterocycles. The Labute approximate surface area is 193 Å². The minimum atomic E-state index is 0.585. The topological polar surface area (TPSA) is 59.4 Å². The second-order valence-electron chi connectivity index (χ2n) is 7.89. The Morgan fingerprint density at radius 2 is 1.88 bits per heavy atom. The molecule has 5 nitrogen and oxygen atoms in total. The van der Waals surface area contributed by atoms with Gasteiger partial charge in [0.05, 0.1) is 5.52 Å². The third kappa shape index (κ3) is 4.99. The van der Waals surface area contributed by atoms with Gasteiger partial charge in [0.2, 0.25) is 0 Å². The normalized spacial score (nSPS) is 14.6. The summed E-state index contributed by atoms with van der Waals surface area (Å²) in [5.41, 5.74) is 4.15. The van der Waals surface area contributed by atoms with E-state index >= 15 is 0 Å². The van der Waals surface area contributed by atoms with Gasteiger partial charge in [-0.2, -0.15) is 0 Å². The van der Waals surface area contributed by atoms with Crippen LogP contribution in [0.5, 0.6) is 11.5 Å². The van der Waals surface area contributed by atoms with Crippen molar-refractivity contribution in [3.63, 3.8) is 0 Å². The van der Waals surface area contributed by atoms with Crippen molar-refractivity contribution in [1.29, 1.82) is 0 Å². The van der Waals surface area contributed by atoms with E-state index in [9.17, 15) is 0 Å². The zero-order valence-electron chi connectivity index (χ0n) is 18.4. The van der Waals surface area contributed by atoms with Gasteiger partial charge in [-0.05, 0) is 49.2 Å². The van der Waals surface area contributed by atoms with Gasteiger partial charge in [0, 0.05) is 41.5 Å². The molecule has 0 atom stereocenters. The minimum Gasteiger partial charge on any atom is -0.456 e. The van der Waals surface area contributed by atoms with Crippen LogP contribution in [0.3, 0.4) is 0 Å². The monoisotopic (exact) mass is 432 g/mol. The van der Waals surface area contributed by atoms with Crippen molar-refractivity contribution in [3.8, 4) is 11.5 Å². The lowest BCUT2D eigenvalue weighted by molar-refractivity contribution is 0.482. The van der Waals surface area contributed by atoms with Crippen LogP contribution in [0, 0.1) is 0 Å². The van der Waals surface area contributed by atoms with Crippen LogP contribution >= 0.6 is 0 Å². The van der Waals surface area contributed by atoms with Crippen LogP contribution in [-0.2, 0) is 6.42 Å². The molecule has 0 amide bonds. The molecular weight excluding hydrogens is 408 g/mol. The lowest BCUT2D eigenvalue weighted by Crippen LogP contribution is -2.18. The molecule has 1 N–H and O–H groups in total. The largest absolute Gasteiger partial charge is 0.456 e. The lowest BCUT2D eigenvalue weighted by atomic mass is 10.1. The molecule has 0 saturated carbocycles. The van der Waals surface area contributed by atoms with Gasteiger partial charge < -0.3 is 10.1 Å². The summed E-state index contributed by atoms with van der Waals surface area (Å²) >= 11 is 0. The number of fused-ring (bicyclic) bond motifs is 1. The zero-order chi connectivity index (χ0) is 22.5. The Bertz CT molecular complexity index is 1370. The van der Waals surface area contributed by atoms with Gasteiger partial charge in [-0.15, -0.1) is 0 Å². The molecule has 0 unspecified atom stereocenters. The van der Waals surface area contributed by atoms with E-state index in [2.05, 4.69) is 39.6 Å². The molecule has 0 fully saturated rings. The zero-order valence-corrected chi connectivity index (χ0v) is 18.4. The summed E-state index contributed by atoms with van der Waals surface area (Å²) in [6, 6.07) is 22.1. The van der Waals surface area contributed by atoms with Gasteiger partial charge in [0.15, 0.2) is 5.82 Å². The smallest absolute Gasteiger partial charge is 0.157 e. The van der Waals surface area contributed by atoms with E-state index in [-0.39, 0.29) is 0 Å². The van der Waals surface area contributed by atoms with Crippen molar-refractivity contribution in [2.45, 2.75) is 19.8 Å². The number of aromatic nitrogens is 2. The summed E-state index contributed by atoms with van der Waals surface area (Å²) in [5, 5.41) is 4.27. The van der Waals surface area contributed by atoms with E-state index in [1.165, 1.54) is 5.56 Å². The van der Waals surface area contributed by atoms with Crippen molar-refractivity contribution >= 4 is 22.6 Å². The molecule has 0 bridgehead atoms. The number of ether oxygens (including phenoxy) is 1. The molecule has 0 spiro atoms. The predicted molar refractivity (Wildman–Crippen MR) is 133 cm³/mol. The number of pyridine rings is 2. The molecule has 5 rings (SSSR count). The third-order valence-corrected chi connectivity index (χ3v) is 5.39. The van der Waals surface area contributed by atoms with Gasteiger partial charge in [0.25, 0.3) is 0 Å². The molecule has 0 aliphatic carbocycles. The number of rotatable bonds is 5. The van der Waals surface area contributed by atoms with Crippen molar-refractivity contribution < 1.29 is 4.74 Å². The van der Waals surface area contributed by atoms with Gasteiger partial charge in [-0.3, -0.25) is 4.98 Å². The predicted octanol–water partition coefficient (Wildman–Crippen LogP) is 6.50. The van der Waals surface area contributed by atoms with E-state index in [4.69, 9.17) is 9.73 Å². The first kappa shape index (κ1) is 20.6. The second-order valence-corrected chi connectivity index (χ2v) is 7.89. The lowest BCUT2D eigenvalue weighted by Gasteiger charge is -2.14. The fourth-order valence-electron chi connectivity index (χ4n) is 3.75. The standard InChI is InChI=1S/C28H24N4O/c1-20-9-5-6-15-27(31-20)32-28-18-26(22(19-30-28)17-21-10-3-2-4-11-21)33-25-14-7-13-24-23(25)12-8-16-29-24/h2-4,6-16,18-19H,5,17H2,1H3,(H,30,31,32). The van der Waals surface area contributed by atoms with Gasteiger partial charge in [0.1, 0.15) is 17.3 Å². The van der Waals surface area contributed by atoms with E-state index in [1.54, 1.807) is 6.20 Å². The SMILES string of the molecule is CC1=CCC=CC(=Nc2cc(Oc3cccc4ncccc34)c(Cc3ccccc3)cn2)N1. The number of aliphatic imine (C=N–C) groups is 1. The fourth-order valence-corrected chi connectivity index (χ4v) is 3.75. The molecule has 4 aromatic rings. The molecule has 5 heteroatoms. The summed E-state index contributed by atoms with van der Waals surface area (Å²) in [5.74, 6) is 2.83. The van der Waals surface area contributed by atoms with Crippen LogP contribution in [0.2, 0.25) is 0 Å². The second kappa shape index (κ2) is 9.49. The maximum absolute atomic E-state index is 6.47. The van der Waals surface area contributed by atoms with Crippen molar-refractivity contribution in [2.75, 3.05) is 0 Å². The Morgan fingerprint density at radius 1 is 0.970 bits per heavy atom. The van der Waals surface area contributed by atoms with Crippen LogP contribution in [0.1, 0.15) is 24.5 Å². The molecule has 0 saturated heterocycles. The molecule has 1 aliphatic heterocycles. The number of nitrogens with zero attached hydrogens (tertiary/aromatic N) is 3. The highest BCUT2D eigenvalue weighted by Crippen LogP contribution is 2.33. The number of hydrogen-bond acceptors (Lipinski definition) is 4. The van der Waals surface area contributed by atoms with Gasteiger partial charge >= 0.3 is 0 Å².